The summed E-state index contributed by atoms with van der Waals surface area (Å²) < 4.78 is 0. The van der Waals surface area contributed by atoms with Crippen molar-refractivity contribution in [2.45, 2.75) is 32.9 Å². The monoisotopic (exact) mass is 354 g/mol. The van der Waals surface area contributed by atoms with Crippen LogP contribution in [0.4, 0.5) is 5.69 Å². The average Bonchev–Trinajstić information content (AvgIpc) is 3.06. The smallest absolute Gasteiger partial charge is 0.277 e. The van der Waals surface area contributed by atoms with Gasteiger partial charge in [-0.2, -0.15) is 0 Å². The van der Waals surface area contributed by atoms with Crippen molar-refractivity contribution in [2.24, 2.45) is 0 Å². The van der Waals surface area contributed by atoms with Gasteiger partial charge in [0, 0.05) is 23.7 Å². The van der Waals surface area contributed by atoms with Crippen LogP contribution in [0.1, 0.15) is 36.0 Å². The Labute approximate surface area is 151 Å². The first-order chi connectivity index (χ1) is 11.9. The molecular weight excluding hydrogens is 332 g/mol. The number of anilines is 1. The van der Waals surface area contributed by atoms with Crippen molar-refractivity contribution in [3.8, 4) is 0 Å². The van der Waals surface area contributed by atoms with E-state index in [0.29, 0.717) is 11.4 Å². The zero-order chi connectivity index (χ0) is 17.9. The van der Waals surface area contributed by atoms with Crippen molar-refractivity contribution in [1.82, 2.24) is 15.8 Å². The van der Waals surface area contributed by atoms with Crippen molar-refractivity contribution in [2.75, 3.05) is 5.32 Å². The molecular formula is C19H22N4OS. The summed E-state index contributed by atoms with van der Waals surface area (Å²) >= 11 is 1.42. The standard InChI is InChI=1S/C19H22N4OS/c1-19(2,3)23-22-18(24)17-16(9-11-25-17)21-12-13-8-10-20-15-7-5-4-6-14(13)15/h4-11,21,23H,12H2,1-3H3,(H,22,24). The minimum Gasteiger partial charge on any atom is -0.380 e. The molecule has 6 heteroatoms. The van der Waals surface area contributed by atoms with E-state index in [9.17, 15) is 4.79 Å². The third-order valence-corrected chi connectivity index (χ3v) is 4.54. The van der Waals surface area contributed by atoms with E-state index in [0.717, 1.165) is 22.2 Å². The summed E-state index contributed by atoms with van der Waals surface area (Å²) in [6.07, 6.45) is 1.81. The number of carbonyl (C=O) groups excluding carboxylic acids is 1. The van der Waals surface area contributed by atoms with Gasteiger partial charge >= 0.3 is 0 Å². The largest absolute Gasteiger partial charge is 0.380 e. The molecule has 3 aromatic rings. The number of nitrogens with zero attached hydrogens (tertiary/aromatic N) is 1. The van der Waals surface area contributed by atoms with E-state index < -0.39 is 0 Å². The Morgan fingerprint density at radius 3 is 2.76 bits per heavy atom. The second-order valence-corrected chi connectivity index (χ2v) is 7.75. The minimum atomic E-state index is -0.184. The predicted octanol–water partition coefficient (Wildman–Crippen LogP) is 3.94. The number of hydrazine groups is 1. The summed E-state index contributed by atoms with van der Waals surface area (Å²) in [6.45, 7) is 6.62. The molecule has 0 saturated heterocycles. The van der Waals surface area contributed by atoms with Gasteiger partial charge in [-0.3, -0.25) is 15.2 Å². The molecule has 25 heavy (non-hydrogen) atoms. The van der Waals surface area contributed by atoms with Crippen molar-refractivity contribution >= 4 is 33.8 Å². The van der Waals surface area contributed by atoms with Crippen LogP contribution in [0.5, 0.6) is 0 Å². The summed E-state index contributed by atoms with van der Waals surface area (Å²) in [7, 11) is 0. The Morgan fingerprint density at radius 2 is 1.96 bits per heavy atom. The fraction of sp³-hybridized carbons (Fsp3) is 0.263. The number of thiophene rings is 1. The number of nitrogens with one attached hydrogen (secondary N) is 3. The lowest BCUT2D eigenvalue weighted by Gasteiger charge is -2.21. The lowest BCUT2D eigenvalue weighted by molar-refractivity contribution is 0.0919. The maximum absolute atomic E-state index is 12.4. The Hall–Kier alpha value is -2.44. The Kier molecular flexibility index (Phi) is 5.01. The number of aromatic nitrogens is 1. The highest BCUT2D eigenvalue weighted by Gasteiger charge is 2.16. The fourth-order valence-corrected chi connectivity index (χ4v) is 3.19. The second kappa shape index (κ2) is 7.21. The summed E-state index contributed by atoms with van der Waals surface area (Å²) in [5, 5.41) is 6.41. The van der Waals surface area contributed by atoms with Gasteiger partial charge < -0.3 is 5.32 Å². The number of benzene rings is 1. The van der Waals surface area contributed by atoms with Gasteiger partial charge in [0.1, 0.15) is 4.88 Å². The predicted molar refractivity (Wildman–Crippen MR) is 104 cm³/mol. The third kappa shape index (κ3) is 4.35. The molecule has 0 unspecified atom stereocenters. The van der Waals surface area contributed by atoms with Crippen molar-refractivity contribution < 1.29 is 4.79 Å². The molecule has 0 saturated carbocycles. The molecule has 0 aliphatic heterocycles. The Balaban J connectivity index is 1.72. The van der Waals surface area contributed by atoms with Gasteiger partial charge in [-0.05, 0) is 49.9 Å². The van der Waals surface area contributed by atoms with Crippen LogP contribution in [0, 0.1) is 0 Å². The van der Waals surface area contributed by atoms with Crippen LogP contribution >= 0.6 is 11.3 Å². The highest BCUT2D eigenvalue weighted by atomic mass is 32.1. The van der Waals surface area contributed by atoms with Crippen LogP contribution in [0.2, 0.25) is 0 Å². The number of hydrogen-bond donors (Lipinski definition) is 3. The summed E-state index contributed by atoms with van der Waals surface area (Å²) in [5.74, 6) is -0.132. The Bertz CT molecular complexity index is 877. The topological polar surface area (TPSA) is 66.0 Å². The number of pyridine rings is 1. The molecule has 0 fully saturated rings. The van der Waals surface area contributed by atoms with E-state index in [2.05, 4.69) is 27.2 Å². The number of amides is 1. The first kappa shape index (κ1) is 17.4. The molecule has 0 aliphatic carbocycles. The average molecular weight is 354 g/mol. The van der Waals surface area contributed by atoms with Crippen LogP contribution in [0.15, 0.2) is 48.0 Å². The van der Waals surface area contributed by atoms with Gasteiger partial charge in [0.05, 0.1) is 11.2 Å². The molecule has 2 heterocycles. The number of para-hydroxylation sites is 1. The summed E-state index contributed by atoms with van der Waals surface area (Å²) in [5.41, 5.74) is 8.54. The van der Waals surface area contributed by atoms with Crippen LogP contribution in [0.3, 0.4) is 0 Å². The quantitative estimate of drug-likeness (QED) is 0.607. The molecule has 1 amide bonds. The van der Waals surface area contributed by atoms with E-state index in [1.54, 1.807) is 0 Å². The van der Waals surface area contributed by atoms with Crippen LogP contribution in [-0.4, -0.2) is 16.4 Å². The van der Waals surface area contributed by atoms with Crippen LogP contribution in [0.25, 0.3) is 10.9 Å². The molecule has 0 spiro atoms. The zero-order valence-electron chi connectivity index (χ0n) is 14.6. The molecule has 0 aliphatic rings. The van der Waals surface area contributed by atoms with Crippen LogP contribution in [-0.2, 0) is 6.54 Å². The fourth-order valence-electron chi connectivity index (χ4n) is 2.43. The number of hydrogen-bond acceptors (Lipinski definition) is 5. The Morgan fingerprint density at radius 1 is 1.16 bits per heavy atom. The minimum absolute atomic E-state index is 0.132. The van der Waals surface area contributed by atoms with Gasteiger partial charge in [-0.15, -0.1) is 11.3 Å². The van der Waals surface area contributed by atoms with Crippen molar-refractivity contribution in [3.63, 3.8) is 0 Å². The van der Waals surface area contributed by atoms with Gasteiger partial charge in [-0.25, -0.2) is 5.43 Å². The van der Waals surface area contributed by atoms with E-state index >= 15 is 0 Å². The second-order valence-electron chi connectivity index (χ2n) is 6.83. The third-order valence-electron chi connectivity index (χ3n) is 3.63. The zero-order valence-corrected chi connectivity index (χ0v) is 15.4. The molecule has 1 aromatic carbocycles. The first-order valence-corrected chi connectivity index (χ1v) is 9.03. The van der Waals surface area contributed by atoms with Gasteiger partial charge in [-0.1, -0.05) is 18.2 Å². The molecule has 0 bridgehead atoms. The number of fused-ring (bicyclic) bond motifs is 1. The van der Waals surface area contributed by atoms with Crippen LogP contribution < -0.4 is 16.2 Å². The maximum Gasteiger partial charge on any atom is 0.277 e. The molecule has 0 atom stereocenters. The van der Waals surface area contributed by atoms with E-state index in [1.807, 2.05) is 62.7 Å². The van der Waals surface area contributed by atoms with E-state index in [-0.39, 0.29) is 11.4 Å². The number of carbonyl (C=O) groups is 1. The van der Waals surface area contributed by atoms with Gasteiger partial charge in [0.25, 0.3) is 5.91 Å². The lowest BCUT2D eigenvalue weighted by atomic mass is 10.1. The maximum atomic E-state index is 12.4. The number of rotatable bonds is 5. The highest BCUT2D eigenvalue weighted by Crippen LogP contribution is 2.24. The molecule has 2 aromatic heterocycles. The van der Waals surface area contributed by atoms with E-state index in [1.165, 1.54) is 11.3 Å². The molecule has 5 nitrogen and oxygen atoms in total. The van der Waals surface area contributed by atoms with Crippen molar-refractivity contribution in [1.29, 1.82) is 0 Å². The normalized spacial score (nSPS) is 11.5. The molecule has 0 radical (unpaired) electrons. The van der Waals surface area contributed by atoms with Gasteiger partial charge in [0.15, 0.2) is 0 Å². The molecule has 3 rings (SSSR count). The highest BCUT2D eigenvalue weighted by molar-refractivity contribution is 7.12. The first-order valence-electron chi connectivity index (χ1n) is 8.15. The van der Waals surface area contributed by atoms with Crippen molar-refractivity contribution in [3.05, 3.63) is 58.4 Å². The van der Waals surface area contributed by atoms with E-state index in [4.69, 9.17) is 0 Å². The SMILES string of the molecule is CC(C)(C)NNC(=O)c1sccc1NCc1ccnc2ccccc12. The summed E-state index contributed by atoms with van der Waals surface area (Å²) in [6, 6.07) is 12.0. The lowest BCUT2D eigenvalue weighted by Crippen LogP contribution is -2.48. The summed E-state index contributed by atoms with van der Waals surface area (Å²) in [4.78, 5) is 17.4. The molecule has 130 valence electrons. The van der Waals surface area contributed by atoms with Gasteiger partial charge in [0.2, 0.25) is 0 Å². The molecule has 3 N–H and O–H groups in total.